The number of alkyl halides is 1. The van der Waals surface area contributed by atoms with Crippen molar-refractivity contribution in [2.75, 3.05) is 0 Å². The number of halogens is 1. The number of hydrogen-bond acceptors (Lipinski definition) is 1. The van der Waals surface area contributed by atoms with Gasteiger partial charge in [0.05, 0.1) is 0 Å². The van der Waals surface area contributed by atoms with Crippen LogP contribution in [-0.4, -0.2) is 11.9 Å². The van der Waals surface area contributed by atoms with Gasteiger partial charge in [0, 0.05) is 17.5 Å². The number of amides is 1. The number of nitrogens with one attached hydrogen (secondary N) is 1. The van der Waals surface area contributed by atoms with Gasteiger partial charge in [0.15, 0.2) is 0 Å². The highest BCUT2D eigenvalue weighted by Crippen LogP contribution is 2.08. The van der Waals surface area contributed by atoms with Crippen molar-refractivity contribution >= 4 is 17.5 Å². The van der Waals surface area contributed by atoms with Crippen LogP contribution in [0.2, 0.25) is 0 Å². The van der Waals surface area contributed by atoms with Crippen LogP contribution in [-0.2, 0) is 5.88 Å². The van der Waals surface area contributed by atoms with Gasteiger partial charge in [0.25, 0.3) is 5.91 Å². The van der Waals surface area contributed by atoms with Crippen molar-refractivity contribution < 1.29 is 4.79 Å². The van der Waals surface area contributed by atoms with Crippen LogP contribution in [0.5, 0.6) is 0 Å². The van der Waals surface area contributed by atoms with Crippen LogP contribution in [0.4, 0.5) is 0 Å². The van der Waals surface area contributed by atoms with Crippen molar-refractivity contribution in [2.45, 2.75) is 32.7 Å². The molecule has 1 aromatic carbocycles. The van der Waals surface area contributed by atoms with Gasteiger partial charge >= 0.3 is 0 Å². The molecule has 0 aromatic heterocycles. The molecule has 0 saturated heterocycles. The molecule has 0 aliphatic heterocycles. The molecule has 88 valence electrons. The van der Waals surface area contributed by atoms with E-state index in [-0.39, 0.29) is 11.9 Å². The van der Waals surface area contributed by atoms with Crippen molar-refractivity contribution in [3.63, 3.8) is 0 Å². The van der Waals surface area contributed by atoms with E-state index >= 15 is 0 Å². The first-order chi connectivity index (χ1) is 7.54. The van der Waals surface area contributed by atoms with Gasteiger partial charge in [-0.1, -0.05) is 26.0 Å². The van der Waals surface area contributed by atoms with Crippen LogP contribution in [0.15, 0.2) is 24.3 Å². The van der Waals surface area contributed by atoms with Crippen molar-refractivity contribution in [1.82, 2.24) is 5.32 Å². The van der Waals surface area contributed by atoms with E-state index in [2.05, 4.69) is 19.2 Å². The summed E-state index contributed by atoms with van der Waals surface area (Å²) in [4.78, 5) is 11.8. The fraction of sp³-hybridized carbons (Fsp3) is 0.462. The van der Waals surface area contributed by atoms with E-state index in [1.165, 1.54) is 0 Å². The van der Waals surface area contributed by atoms with E-state index in [9.17, 15) is 4.79 Å². The van der Waals surface area contributed by atoms with Gasteiger partial charge in [-0.2, -0.15) is 0 Å². The maximum Gasteiger partial charge on any atom is 0.251 e. The first-order valence-electron chi connectivity index (χ1n) is 5.50. The van der Waals surface area contributed by atoms with Crippen LogP contribution in [0.25, 0.3) is 0 Å². The lowest BCUT2D eigenvalue weighted by Gasteiger charge is -2.17. The molecule has 1 unspecified atom stereocenters. The predicted molar refractivity (Wildman–Crippen MR) is 67.8 cm³/mol. The zero-order chi connectivity index (χ0) is 12.1. The van der Waals surface area contributed by atoms with Crippen molar-refractivity contribution in [3.05, 3.63) is 35.4 Å². The molecule has 1 N–H and O–H groups in total. The molecule has 0 aliphatic rings. The Morgan fingerprint density at radius 1 is 1.25 bits per heavy atom. The van der Waals surface area contributed by atoms with Crippen molar-refractivity contribution in [3.8, 4) is 0 Å². The summed E-state index contributed by atoms with van der Waals surface area (Å²) in [5.74, 6) is 0.887. The van der Waals surface area contributed by atoms with Gasteiger partial charge in [-0.25, -0.2) is 0 Å². The lowest BCUT2D eigenvalue weighted by Crippen LogP contribution is -2.36. The molecular weight excluding hydrogens is 222 g/mol. The van der Waals surface area contributed by atoms with E-state index in [1.54, 1.807) is 12.1 Å². The SMILES string of the molecule is CC(C)C(C)NC(=O)c1ccc(CCl)cc1. The summed E-state index contributed by atoms with van der Waals surface area (Å²) in [7, 11) is 0. The molecule has 1 atom stereocenters. The molecule has 0 spiro atoms. The highest BCUT2D eigenvalue weighted by Gasteiger charge is 2.11. The lowest BCUT2D eigenvalue weighted by atomic mass is 10.1. The Kier molecular flexibility index (Phi) is 4.81. The third-order valence-electron chi connectivity index (χ3n) is 2.73. The highest BCUT2D eigenvalue weighted by molar-refractivity contribution is 6.17. The Hall–Kier alpha value is -1.02. The summed E-state index contributed by atoms with van der Waals surface area (Å²) in [6, 6.07) is 7.55. The molecule has 2 nitrogen and oxygen atoms in total. The molecule has 0 aliphatic carbocycles. The summed E-state index contributed by atoms with van der Waals surface area (Å²) < 4.78 is 0. The number of carbonyl (C=O) groups is 1. The third-order valence-corrected chi connectivity index (χ3v) is 3.04. The van der Waals surface area contributed by atoms with Crippen LogP contribution in [0.3, 0.4) is 0 Å². The maximum absolute atomic E-state index is 11.8. The maximum atomic E-state index is 11.8. The van der Waals surface area contributed by atoms with E-state index < -0.39 is 0 Å². The second-order valence-corrected chi connectivity index (χ2v) is 4.60. The molecule has 16 heavy (non-hydrogen) atoms. The van der Waals surface area contributed by atoms with Crippen LogP contribution >= 0.6 is 11.6 Å². The monoisotopic (exact) mass is 239 g/mol. The van der Waals surface area contributed by atoms with E-state index in [0.717, 1.165) is 5.56 Å². The van der Waals surface area contributed by atoms with E-state index in [1.807, 2.05) is 19.1 Å². The molecule has 1 rings (SSSR count). The molecule has 0 radical (unpaired) electrons. The molecule has 0 saturated carbocycles. The standard InChI is InChI=1S/C13H18ClNO/c1-9(2)10(3)15-13(16)12-6-4-11(8-14)5-7-12/h4-7,9-10H,8H2,1-3H3,(H,15,16). The topological polar surface area (TPSA) is 29.1 Å². The minimum absolute atomic E-state index is 0.0256. The fourth-order valence-electron chi connectivity index (χ4n) is 1.20. The van der Waals surface area contributed by atoms with Gasteiger partial charge in [-0.3, -0.25) is 4.79 Å². The third kappa shape index (κ3) is 3.53. The van der Waals surface area contributed by atoms with Crippen LogP contribution in [0, 0.1) is 5.92 Å². The van der Waals surface area contributed by atoms with E-state index in [4.69, 9.17) is 11.6 Å². The smallest absolute Gasteiger partial charge is 0.251 e. The highest BCUT2D eigenvalue weighted by atomic mass is 35.5. The lowest BCUT2D eigenvalue weighted by molar-refractivity contribution is 0.0930. The van der Waals surface area contributed by atoms with Gasteiger partial charge < -0.3 is 5.32 Å². The number of rotatable bonds is 4. The fourth-order valence-corrected chi connectivity index (χ4v) is 1.38. The van der Waals surface area contributed by atoms with Crippen molar-refractivity contribution in [1.29, 1.82) is 0 Å². The molecule has 1 aromatic rings. The predicted octanol–water partition coefficient (Wildman–Crippen LogP) is 3.20. The Morgan fingerprint density at radius 2 is 1.81 bits per heavy atom. The number of carbonyl (C=O) groups excluding carboxylic acids is 1. The summed E-state index contributed by atoms with van der Waals surface area (Å²) in [6.07, 6.45) is 0. The first-order valence-corrected chi connectivity index (χ1v) is 6.03. The van der Waals surface area contributed by atoms with E-state index in [0.29, 0.717) is 17.4 Å². The molecule has 0 heterocycles. The van der Waals surface area contributed by atoms with Gasteiger partial charge in [0.1, 0.15) is 0 Å². The first kappa shape index (κ1) is 13.0. The van der Waals surface area contributed by atoms with Gasteiger partial charge in [-0.05, 0) is 30.5 Å². The van der Waals surface area contributed by atoms with Gasteiger partial charge in [0.2, 0.25) is 0 Å². The Balaban J connectivity index is 2.66. The zero-order valence-electron chi connectivity index (χ0n) is 9.96. The average Bonchev–Trinajstić information content (AvgIpc) is 2.28. The second-order valence-electron chi connectivity index (χ2n) is 4.34. The Labute approximate surface area is 102 Å². The van der Waals surface area contributed by atoms with Gasteiger partial charge in [-0.15, -0.1) is 11.6 Å². The number of hydrogen-bond donors (Lipinski definition) is 1. The summed E-state index contributed by atoms with van der Waals surface area (Å²) in [5.41, 5.74) is 1.71. The molecule has 0 fully saturated rings. The minimum Gasteiger partial charge on any atom is -0.349 e. The summed E-state index contributed by atoms with van der Waals surface area (Å²) in [5, 5.41) is 2.96. The minimum atomic E-state index is -0.0256. The summed E-state index contributed by atoms with van der Waals surface area (Å²) >= 11 is 5.68. The zero-order valence-corrected chi connectivity index (χ0v) is 10.7. The second kappa shape index (κ2) is 5.90. The number of benzene rings is 1. The molecular formula is C13H18ClNO. The molecule has 3 heteroatoms. The van der Waals surface area contributed by atoms with Crippen LogP contribution < -0.4 is 5.32 Å². The molecule has 0 bridgehead atoms. The van der Waals surface area contributed by atoms with Crippen LogP contribution in [0.1, 0.15) is 36.7 Å². The van der Waals surface area contributed by atoms with Crippen molar-refractivity contribution in [2.24, 2.45) is 5.92 Å². The molecule has 1 amide bonds. The normalized spacial score (nSPS) is 12.6. The summed E-state index contributed by atoms with van der Waals surface area (Å²) in [6.45, 7) is 6.18. The Bertz CT molecular complexity index is 345. The average molecular weight is 240 g/mol. The Morgan fingerprint density at radius 3 is 2.25 bits per heavy atom. The largest absolute Gasteiger partial charge is 0.349 e. The quantitative estimate of drug-likeness (QED) is 0.804.